The Morgan fingerprint density at radius 1 is 1.12 bits per heavy atom. The lowest BCUT2D eigenvalue weighted by atomic mass is 10.0. The molecule has 9 nitrogen and oxygen atoms in total. The first-order valence-corrected chi connectivity index (χ1v) is 10.4. The molecule has 1 aliphatic rings. The lowest BCUT2D eigenvalue weighted by molar-refractivity contribution is -0.134. The summed E-state index contributed by atoms with van der Waals surface area (Å²) in [5.74, 6) is -2.05. The zero-order chi connectivity index (χ0) is 24.2. The topological polar surface area (TPSA) is 145 Å². The molecule has 1 heterocycles. The Balaban J connectivity index is 0.000000414. The van der Waals surface area contributed by atoms with Crippen LogP contribution in [0.1, 0.15) is 30.6 Å². The highest BCUT2D eigenvalue weighted by molar-refractivity contribution is 5.95. The molecule has 0 spiro atoms. The molecule has 3 rings (SSSR count). The van der Waals surface area contributed by atoms with Crippen molar-refractivity contribution in [1.29, 1.82) is 0 Å². The van der Waals surface area contributed by atoms with E-state index in [0.29, 0.717) is 36.2 Å². The summed E-state index contributed by atoms with van der Waals surface area (Å²) < 4.78 is 5.33. The van der Waals surface area contributed by atoms with E-state index >= 15 is 0 Å². The van der Waals surface area contributed by atoms with Crippen LogP contribution in [0.25, 0.3) is 0 Å². The number of carbonyl (C=O) groups excluding carboxylic acids is 1. The highest BCUT2D eigenvalue weighted by atomic mass is 16.5. The molecule has 0 saturated carbocycles. The van der Waals surface area contributed by atoms with Gasteiger partial charge in [0.05, 0.1) is 11.8 Å². The number of aryl methyl sites for hydroxylation is 1. The normalized spacial score (nSPS) is 14.2. The van der Waals surface area contributed by atoms with E-state index < -0.39 is 18.0 Å². The van der Waals surface area contributed by atoms with Crippen molar-refractivity contribution in [3.8, 4) is 5.75 Å². The maximum atomic E-state index is 11.4. The third-order valence-electron chi connectivity index (χ3n) is 4.76. The molecule has 9 heteroatoms. The van der Waals surface area contributed by atoms with Crippen LogP contribution in [0.3, 0.4) is 0 Å². The van der Waals surface area contributed by atoms with Crippen LogP contribution in [0.5, 0.6) is 5.75 Å². The summed E-state index contributed by atoms with van der Waals surface area (Å²) in [5.41, 5.74) is 2.69. The number of nitrogens with one attached hydrogen (secondary N) is 2. The molecule has 0 aliphatic carbocycles. The summed E-state index contributed by atoms with van der Waals surface area (Å²) in [5, 5.41) is 32.2. The predicted octanol–water partition coefficient (Wildman–Crippen LogP) is 2.37. The lowest BCUT2D eigenvalue weighted by Gasteiger charge is -2.21. The fourth-order valence-electron chi connectivity index (χ4n) is 3.01. The number of ether oxygens (including phenoxy) is 1. The van der Waals surface area contributed by atoms with Crippen molar-refractivity contribution in [2.75, 3.05) is 18.5 Å². The Labute approximate surface area is 191 Å². The van der Waals surface area contributed by atoms with Gasteiger partial charge in [0.1, 0.15) is 5.75 Å². The number of aliphatic hydroxyl groups excluding tert-OH is 1. The van der Waals surface area contributed by atoms with E-state index in [2.05, 4.69) is 41.8 Å². The van der Waals surface area contributed by atoms with Gasteiger partial charge in [0.25, 0.3) is 5.91 Å². The second-order valence-corrected chi connectivity index (χ2v) is 7.45. The minimum atomic E-state index is -1.26. The maximum absolute atomic E-state index is 11.4. The summed E-state index contributed by atoms with van der Waals surface area (Å²) in [7, 11) is 0. The number of fused-ring (bicyclic) bond motifs is 1. The first kappa shape index (κ1) is 25.6. The number of carboxylic acids is 2. The monoisotopic (exact) mass is 456 g/mol. The van der Waals surface area contributed by atoms with Gasteiger partial charge in [-0.3, -0.25) is 4.79 Å². The highest BCUT2D eigenvalue weighted by Gasteiger charge is 2.18. The smallest absolute Gasteiger partial charge is 0.328 e. The first-order chi connectivity index (χ1) is 15.7. The van der Waals surface area contributed by atoms with Crippen LogP contribution < -0.4 is 15.4 Å². The average Bonchev–Trinajstić information content (AvgIpc) is 2.80. The van der Waals surface area contributed by atoms with Gasteiger partial charge in [0.2, 0.25) is 0 Å². The molecule has 33 heavy (non-hydrogen) atoms. The SMILES string of the molecule is CC(CCc1ccccc1)NCC(O)c1ccc2c(c1)NC(=O)CO2.O=C(O)C=CC(=O)O. The molecule has 2 atom stereocenters. The quantitative estimate of drug-likeness (QED) is 0.362. The number of carbonyl (C=O) groups is 3. The Morgan fingerprint density at radius 3 is 2.42 bits per heavy atom. The minimum Gasteiger partial charge on any atom is -0.482 e. The zero-order valence-corrected chi connectivity index (χ0v) is 18.2. The highest BCUT2D eigenvalue weighted by Crippen LogP contribution is 2.30. The van der Waals surface area contributed by atoms with Crippen molar-refractivity contribution in [3.63, 3.8) is 0 Å². The fourth-order valence-corrected chi connectivity index (χ4v) is 3.01. The molecule has 0 bridgehead atoms. The van der Waals surface area contributed by atoms with Crippen molar-refractivity contribution in [1.82, 2.24) is 5.32 Å². The Morgan fingerprint density at radius 2 is 1.79 bits per heavy atom. The van der Waals surface area contributed by atoms with Gasteiger partial charge in [0.15, 0.2) is 6.61 Å². The van der Waals surface area contributed by atoms with E-state index in [1.165, 1.54) is 5.56 Å². The van der Waals surface area contributed by atoms with Crippen LogP contribution in [0.4, 0.5) is 5.69 Å². The van der Waals surface area contributed by atoms with Crippen molar-refractivity contribution < 1.29 is 34.4 Å². The maximum Gasteiger partial charge on any atom is 0.328 e. The number of rotatable bonds is 9. The van der Waals surface area contributed by atoms with Gasteiger partial charge >= 0.3 is 11.9 Å². The van der Waals surface area contributed by atoms with Gasteiger partial charge in [-0.1, -0.05) is 36.4 Å². The number of carboxylic acid groups (broad SMARTS) is 2. The summed E-state index contributed by atoms with van der Waals surface area (Å²) in [6.45, 7) is 2.62. The number of benzene rings is 2. The second-order valence-electron chi connectivity index (χ2n) is 7.45. The molecule has 1 amide bonds. The molecule has 1 aliphatic heterocycles. The Bertz CT molecular complexity index is 960. The molecule has 0 aromatic heterocycles. The second kappa shape index (κ2) is 13.0. The number of hydrogen-bond acceptors (Lipinski definition) is 6. The molecule has 0 radical (unpaired) electrons. The van der Waals surface area contributed by atoms with E-state index in [0.717, 1.165) is 18.4 Å². The van der Waals surface area contributed by atoms with Gasteiger partial charge in [-0.25, -0.2) is 9.59 Å². The van der Waals surface area contributed by atoms with E-state index in [-0.39, 0.29) is 12.5 Å². The lowest BCUT2D eigenvalue weighted by Crippen LogP contribution is -2.31. The minimum absolute atomic E-state index is 0.0371. The molecule has 0 fully saturated rings. The zero-order valence-electron chi connectivity index (χ0n) is 18.2. The van der Waals surface area contributed by atoms with Gasteiger partial charge in [-0.15, -0.1) is 0 Å². The van der Waals surface area contributed by atoms with Crippen molar-refractivity contribution in [3.05, 3.63) is 71.8 Å². The van der Waals surface area contributed by atoms with Crippen molar-refractivity contribution in [2.45, 2.75) is 31.9 Å². The summed E-state index contributed by atoms with van der Waals surface area (Å²) in [6, 6.07) is 16.1. The molecule has 2 unspecified atom stereocenters. The molecular weight excluding hydrogens is 428 g/mol. The van der Waals surface area contributed by atoms with Crippen molar-refractivity contribution in [2.24, 2.45) is 0 Å². The van der Waals surface area contributed by atoms with Gasteiger partial charge in [0, 0.05) is 24.7 Å². The van der Waals surface area contributed by atoms with E-state index in [4.69, 9.17) is 14.9 Å². The van der Waals surface area contributed by atoms with Gasteiger partial charge < -0.3 is 30.7 Å². The number of hydrogen-bond donors (Lipinski definition) is 5. The van der Waals surface area contributed by atoms with Gasteiger partial charge in [-0.05, 0) is 43.0 Å². The Hall–Kier alpha value is -3.69. The van der Waals surface area contributed by atoms with Crippen molar-refractivity contribution >= 4 is 23.5 Å². The van der Waals surface area contributed by atoms with E-state index in [9.17, 15) is 19.5 Å². The molecule has 176 valence electrons. The largest absolute Gasteiger partial charge is 0.482 e. The van der Waals surface area contributed by atoms with Gasteiger partial charge in [-0.2, -0.15) is 0 Å². The number of anilines is 1. The van der Waals surface area contributed by atoms with Crippen LogP contribution >= 0.6 is 0 Å². The molecule has 5 N–H and O–H groups in total. The molecule has 2 aromatic carbocycles. The molecular formula is C24H28N2O7. The third-order valence-corrected chi connectivity index (χ3v) is 4.76. The van der Waals surface area contributed by atoms with Crippen LogP contribution in [0.2, 0.25) is 0 Å². The summed E-state index contributed by atoms with van der Waals surface area (Å²) >= 11 is 0. The summed E-state index contributed by atoms with van der Waals surface area (Å²) in [4.78, 5) is 30.5. The summed E-state index contributed by atoms with van der Waals surface area (Å²) in [6.07, 6.45) is 2.49. The molecule has 2 aromatic rings. The first-order valence-electron chi connectivity index (χ1n) is 10.4. The molecule has 0 saturated heterocycles. The number of amides is 1. The van der Waals surface area contributed by atoms with Crippen LogP contribution in [0, 0.1) is 0 Å². The third kappa shape index (κ3) is 9.55. The Kier molecular flexibility index (Phi) is 10.1. The average molecular weight is 456 g/mol. The fraction of sp³-hybridized carbons (Fsp3) is 0.292. The predicted molar refractivity (Wildman–Crippen MR) is 122 cm³/mol. The standard InChI is InChI=1S/C20H24N2O3.C4H4O4/c1-14(7-8-15-5-3-2-4-6-15)21-12-18(23)16-9-10-19-17(11-16)22-20(24)13-25-19;5-3(6)1-2-4(7)8/h2-6,9-11,14,18,21,23H,7-8,12-13H2,1H3,(H,22,24);1-2H,(H,5,6)(H,7,8). The van der Waals surface area contributed by atoms with Crippen LogP contribution in [-0.4, -0.2) is 52.4 Å². The van der Waals surface area contributed by atoms with E-state index in [1.807, 2.05) is 12.1 Å². The number of aliphatic hydroxyl groups is 1. The van der Waals surface area contributed by atoms with Crippen LogP contribution in [0.15, 0.2) is 60.7 Å². The number of aliphatic carboxylic acids is 2. The van der Waals surface area contributed by atoms with E-state index in [1.54, 1.807) is 12.1 Å². The van der Waals surface area contributed by atoms with Crippen LogP contribution in [-0.2, 0) is 20.8 Å².